The zero-order valence-electron chi connectivity index (χ0n) is 10.3. The number of aromatic amines is 2. The number of hydrogen-bond donors (Lipinski definition) is 2. The number of hydrogen-bond acceptors (Lipinski definition) is 6. The fourth-order valence-corrected chi connectivity index (χ4v) is 2.14. The molecule has 3 heterocycles. The number of nitrogens with zero attached hydrogens (tertiary/aromatic N) is 6. The SMILES string of the molecule is Cn1c(=O)[nH]c2cc3[nH]c(-c4nncnn4)nc3cc21. The molecule has 20 heavy (non-hydrogen) atoms. The Balaban J connectivity index is 2.00. The van der Waals surface area contributed by atoms with Crippen LogP contribution in [-0.4, -0.2) is 39.9 Å². The van der Waals surface area contributed by atoms with Gasteiger partial charge in [-0.3, -0.25) is 4.57 Å². The molecule has 0 aliphatic rings. The van der Waals surface area contributed by atoms with Gasteiger partial charge in [-0.15, -0.1) is 20.4 Å². The molecule has 4 aromatic rings. The fraction of sp³-hybridized carbons (Fsp3) is 0.0909. The van der Waals surface area contributed by atoms with Crippen LogP contribution in [0, 0.1) is 0 Å². The van der Waals surface area contributed by atoms with Gasteiger partial charge in [-0.2, -0.15) is 0 Å². The molecule has 0 spiro atoms. The summed E-state index contributed by atoms with van der Waals surface area (Å²) in [5, 5.41) is 15.0. The third-order valence-electron chi connectivity index (χ3n) is 3.13. The van der Waals surface area contributed by atoms with Crippen molar-refractivity contribution < 1.29 is 0 Å². The van der Waals surface area contributed by atoms with E-state index < -0.39 is 0 Å². The molecule has 0 saturated carbocycles. The minimum absolute atomic E-state index is 0.160. The highest BCUT2D eigenvalue weighted by molar-refractivity contribution is 5.92. The second kappa shape index (κ2) is 3.70. The lowest BCUT2D eigenvalue weighted by Gasteiger charge is -1.92. The van der Waals surface area contributed by atoms with Gasteiger partial charge < -0.3 is 9.97 Å². The lowest BCUT2D eigenvalue weighted by Crippen LogP contribution is -2.11. The number of benzene rings is 1. The topological polar surface area (TPSA) is 118 Å². The van der Waals surface area contributed by atoms with Gasteiger partial charge in [-0.05, 0) is 12.1 Å². The number of fused-ring (bicyclic) bond motifs is 2. The molecule has 0 amide bonds. The average molecular weight is 268 g/mol. The van der Waals surface area contributed by atoms with Crippen LogP contribution in [0.4, 0.5) is 0 Å². The van der Waals surface area contributed by atoms with E-state index in [0.717, 1.165) is 22.1 Å². The normalized spacial score (nSPS) is 11.4. The number of nitrogens with one attached hydrogen (secondary N) is 2. The van der Waals surface area contributed by atoms with E-state index in [-0.39, 0.29) is 5.69 Å². The molecule has 9 nitrogen and oxygen atoms in total. The average Bonchev–Trinajstić information content (AvgIpc) is 3.00. The van der Waals surface area contributed by atoms with Crippen LogP contribution in [0.1, 0.15) is 0 Å². The largest absolute Gasteiger partial charge is 0.335 e. The van der Waals surface area contributed by atoms with Crippen LogP contribution in [0.15, 0.2) is 23.3 Å². The predicted octanol–water partition coefficient (Wildman–Crippen LogP) is -0.0101. The van der Waals surface area contributed by atoms with Gasteiger partial charge >= 0.3 is 5.69 Å². The van der Waals surface area contributed by atoms with Gasteiger partial charge in [0.1, 0.15) is 0 Å². The van der Waals surface area contributed by atoms with Crippen molar-refractivity contribution in [2.75, 3.05) is 0 Å². The third-order valence-corrected chi connectivity index (χ3v) is 3.13. The zero-order chi connectivity index (χ0) is 13.7. The van der Waals surface area contributed by atoms with E-state index in [4.69, 9.17) is 0 Å². The van der Waals surface area contributed by atoms with Crippen molar-refractivity contribution in [3.05, 3.63) is 28.9 Å². The highest BCUT2D eigenvalue weighted by Crippen LogP contribution is 2.21. The Labute approximate surface area is 110 Å². The van der Waals surface area contributed by atoms with Crippen molar-refractivity contribution >= 4 is 22.1 Å². The van der Waals surface area contributed by atoms with Gasteiger partial charge in [-0.1, -0.05) is 0 Å². The third kappa shape index (κ3) is 1.43. The summed E-state index contributed by atoms with van der Waals surface area (Å²) in [5.74, 6) is 0.805. The first-order chi connectivity index (χ1) is 9.72. The molecule has 0 atom stereocenters. The van der Waals surface area contributed by atoms with E-state index in [2.05, 4.69) is 35.3 Å². The van der Waals surface area contributed by atoms with Crippen molar-refractivity contribution in [3.8, 4) is 11.6 Å². The summed E-state index contributed by atoms with van der Waals surface area (Å²) < 4.78 is 1.53. The summed E-state index contributed by atoms with van der Waals surface area (Å²) >= 11 is 0. The molecule has 0 radical (unpaired) electrons. The maximum atomic E-state index is 11.6. The minimum Gasteiger partial charge on any atom is -0.335 e. The first-order valence-corrected chi connectivity index (χ1v) is 5.81. The van der Waals surface area contributed by atoms with E-state index in [1.54, 1.807) is 7.05 Å². The monoisotopic (exact) mass is 268 g/mol. The van der Waals surface area contributed by atoms with Gasteiger partial charge in [-0.25, -0.2) is 9.78 Å². The van der Waals surface area contributed by atoms with Crippen molar-refractivity contribution in [2.24, 2.45) is 7.05 Å². The van der Waals surface area contributed by atoms with Crippen LogP contribution in [0.5, 0.6) is 0 Å². The molecular formula is C11H8N8O. The Hall–Kier alpha value is -3.10. The van der Waals surface area contributed by atoms with Crippen molar-refractivity contribution in [1.29, 1.82) is 0 Å². The van der Waals surface area contributed by atoms with Gasteiger partial charge in [0, 0.05) is 7.05 Å². The molecular weight excluding hydrogens is 260 g/mol. The molecule has 0 fully saturated rings. The maximum Gasteiger partial charge on any atom is 0.326 e. The number of aryl methyl sites for hydroxylation is 1. The van der Waals surface area contributed by atoms with Gasteiger partial charge in [0.25, 0.3) is 0 Å². The maximum absolute atomic E-state index is 11.6. The number of imidazole rings is 2. The quantitative estimate of drug-likeness (QED) is 0.501. The van der Waals surface area contributed by atoms with E-state index >= 15 is 0 Å². The van der Waals surface area contributed by atoms with E-state index in [9.17, 15) is 4.79 Å². The molecule has 2 N–H and O–H groups in total. The molecule has 4 rings (SSSR count). The molecule has 0 saturated heterocycles. The smallest absolute Gasteiger partial charge is 0.326 e. The van der Waals surface area contributed by atoms with Crippen LogP contribution < -0.4 is 5.69 Å². The lowest BCUT2D eigenvalue weighted by atomic mass is 10.3. The van der Waals surface area contributed by atoms with Crippen molar-refractivity contribution in [1.82, 2.24) is 39.9 Å². The van der Waals surface area contributed by atoms with Gasteiger partial charge in [0.2, 0.25) is 5.82 Å². The highest BCUT2D eigenvalue weighted by atomic mass is 16.1. The van der Waals surface area contributed by atoms with Crippen LogP contribution in [0.25, 0.3) is 33.7 Å². The predicted molar refractivity (Wildman–Crippen MR) is 69.8 cm³/mol. The second-order valence-electron chi connectivity index (χ2n) is 4.33. The van der Waals surface area contributed by atoms with E-state index in [1.807, 2.05) is 12.1 Å². The van der Waals surface area contributed by atoms with E-state index in [1.165, 1.54) is 10.9 Å². The number of H-pyrrole nitrogens is 2. The Morgan fingerprint density at radius 3 is 2.70 bits per heavy atom. The first-order valence-electron chi connectivity index (χ1n) is 5.81. The fourth-order valence-electron chi connectivity index (χ4n) is 2.14. The molecule has 98 valence electrons. The molecule has 0 aliphatic carbocycles. The standard InChI is InChI=1S/C11H8N8O/c1-19-8-3-6-5(2-7(8)16-11(19)20)14-9(15-6)10-17-12-4-13-18-10/h2-4H,1H3,(H,14,15)(H,16,20). The summed E-state index contributed by atoms with van der Waals surface area (Å²) in [6, 6.07) is 3.65. The minimum atomic E-state index is -0.160. The summed E-state index contributed by atoms with van der Waals surface area (Å²) in [6.07, 6.45) is 1.26. The molecule has 0 unspecified atom stereocenters. The lowest BCUT2D eigenvalue weighted by molar-refractivity contribution is 0.856. The van der Waals surface area contributed by atoms with Crippen LogP contribution in [0.2, 0.25) is 0 Å². The Kier molecular flexibility index (Phi) is 1.99. The molecule has 0 aliphatic heterocycles. The molecule has 1 aromatic carbocycles. The van der Waals surface area contributed by atoms with Crippen molar-refractivity contribution in [2.45, 2.75) is 0 Å². The Morgan fingerprint density at radius 2 is 1.90 bits per heavy atom. The first kappa shape index (κ1) is 10.8. The summed E-state index contributed by atoms with van der Waals surface area (Å²) in [6.45, 7) is 0. The summed E-state index contributed by atoms with van der Waals surface area (Å²) in [5.41, 5.74) is 2.86. The zero-order valence-corrected chi connectivity index (χ0v) is 10.3. The summed E-state index contributed by atoms with van der Waals surface area (Å²) in [7, 11) is 1.70. The molecule has 9 heteroatoms. The van der Waals surface area contributed by atoms with Crippen LogP contribution >= 0.6 is 0 Å². The van der Waals surface area contributed by atoms with Crippen LogP contribution in [0.3, 0.4) is 0 Å². The summed E-state index contributed by atoms with van der Waals surface area (Å²) in [4.78, 5) is 21.8. The van der Waals surface area contributed by atoms with Gasteiger partial charge in [0.15, 0.2) is 12.2 Å². The molecule has 0 bridgehead atoms. The second-order valence-corrected chi connectivity index (χ2v) is 4.33. The molecule has 3 aromatic heterocycles. The van der Waals surface area contributed by atoms with Gasteiger partial charge in [0.05, 0.1) is 22.1 Å². The van der Waals surface area contributed by atoms with Crippen molar-refractivity contribution in [3.63, 3.8) is 0 Å². The number of aromatic nitrogens is 8. The Morgan fingerprint density at radius 1 is 1.10 bits per heavy atom. The highest BCUT2D eigenvalue weighted by Gasteiger charge is 2.11. The Bertz CT molecular complexity index is 980. The van der Waals surface area contributed by atoms with Crippen LogP contribution in [-0.2, 0) is 7.05 Å². The van der Waals surface area contributed by atoms with E-state index in [0.29, 0.717) is 11.6 Å². The number of rotatable bonds is 1.